The number of benzene rings is 2. The quantitative estimate of drug-likeness (QED) is 0.140. The number of carbonyl (C=O) groups is 2. The summed E-state index contributed by atoms with van der Waals surface area (Å²) in [6, 6.07) is 28.3. The average Bonchev–Trinajstić information content (AvgIpc) is 3.56. The number of hydrogen-bond acceptors (Lipinski definition) is 11. The molecule has 0 radical (unpaired) electrons. The molecule has 2 fully saturated rings. The number of aromatic nitrogens is 6. The Morgan fingerprint density at radius 3 is 1.71 bits per heavy atom. The van der Waals surface area contributed by atoms with Gasteiger partial charge in [-0.3, -0.25) is 13.6 Å². The molecule has 0 unspecified atom stereocenters. The summed E-state index contributed by atoms with van der Waals surface area (Å²) < 4.78 is 9.32. The molecule has 2 aliphatic heterocycles. The van der Waals surface area contributed by atoms with Crippen LogP contribution in [0.25, 0.3) is 55.4 Å². The van der Waals surface area contributed by atoms with Gasteiger partial charge in [0, 0.05) is 49.5 Å². The van der Waals surface area contributed by atoms with Crippen LogP contribution < -0.4 is 26.2 Å². The number of para-hydroxylation sites is 4. The number of pyridine rings is 4. The predicted octanol–water partition coefficient (Wildman–Crippen LogP) is 7.92. The molecule has 8 aromatic rings. The van der Waals surface area contributed by atoms with Gasteiger partial charge in [0.1, 0.15) is 28.5 Å². The second kappa shape index (κ2) is 19.3. The normalized spacial score (nSPS) is 14.8. The van der Waals surface area contributed by atoms with Crippen molar-refractivity contribution in [3.63, 3.8) is 0 Å². The van der Waals surface area contributed by atoms with Crippen LogP contribution in [0.15, 0.2) is 84.9 Å². The maximum atomic E-state index is 12.9. The Morgan fingerprint density at radius 1 is 0.651 bits per heavy atom. The van der Waals surface area contributed by atoms with Gasteiger partial charge >= 0.3 is 5.97 Å². The molecule has 0 bridgehead atoms. The Kier molecular flexibility index (Phi) is 13.3. The fraction of sp³-hybridized carbons (Fsp3) is 0.388. The lowest BCUT2D eigenvalue weighted by atomic mass is 10.1. The zero-order chi connectivity index (χ0) is 44.0. The fourth-order valence-electron chi connectivity index (χ4n) is 8.36. The van der Waals surface area contributed by atoms with Crippen LogP contribution in [-0.4, -0.2) is 98.6 Å². The molecule has 328 valence electrons. The Labute approximate surface area is 367 Å². The Balaban J connectivity index is 0.000000160. The van der Waals surface area contributed by atoms with Gasteiger partial charge < -0.3 is 30.9 Å². The lowest BCUT2D eigenvalue weighted by Gasteiger charge is -2.22. The van der Waals surface area contributed by atoms with Crippen LogP contribution in [0.4, 0.5) is 11.6 Å². The first-order chi connectivity index (χ1) is 30.6. The van der Waals surface area contributed by atoms with Gasteiger partial charge in [0.25, 0.3) is 5.91 Å². The third kappa shape index (κ3) is 9.37. The number of fused-ring (bicyclic) bond motifs is 10. The van der Waals surface area contributed by atoms with Crippen LogP contribution in [0.1, 0.15) is 87.4 Å². The lowest BCUT2D eigenvalue weighted by Crippen LogP contribution is -2.30. The van der Waals surface area contributed by atoms with Crippen molar-refractivity contribution in [3.05, 3.63) is 96.1 Å². The summed E-state index contributed by atoms with van der Waals surface area (Å²) in [6.07, 6.45) is 6.06. The number of imidazole rings is 2. The molecule has 1 amide bonds. The Hall–Kier alpha value is -6.38. The maximum absolute atomic E-state index is 12.9. The molecule has 2 aromatic carbocycles. The monoisotopic (exact) mass is 849 g/mol. The molecule has 4 N–H and O–H groups in total. The molecule has 6 aromatic heterocycles. The molecule has 14 nitrogen and oxygen atoms in total. The molecule has 2 aliphatic rings. The largest absolute Gasteiger partial charge is 0.462 e. The summed E-state index contributed by atoms with van der Waals surface area (Å²) in [7, 11) is 0. The topological polar surface area (TPSA) is 160 Å². The smallest absolute Gasteiger partial charge is 0.341 e. The average molecular weight is 850 g/mol. The number of carbonyl (C=O) groups excluding carboxylic acids is 2. The molecule has 2 saturated heterocycles. The first kappa shape index (κ1) is 43.3. The van der Waals surface area contributed by atoms with Gasteiger partial charge in [0.15, 0.2) is 11.3 Å². The standard InChI is InChI=1S/C23H26N6O.C23H24N4O2.C3H9N/c1-15(2)25-23(30)17-14-16-8-9-20(28-12-5-10-24-11-13-28)27-21(16)29-19-7-4-3-6-18(19)26-22(17)29;1-2-29-23(28)17-15-16-11-12-20(26-13-7-3-4-8-14-26)25-21(16)27-19-10-6-5-9-18(19)24-22(17)27;1-3(2)4/h3-4,6-9,14-15,24H,5,10-13H2,1-2H3,(H,25,30);5-6,9-12,15H,2-4,7-8,13-14H2,1H3;3H,4H2,1-2H3. The molecule has 14 heteroatoms. The molecule has 0 atom stereocenters. The van der Waals surface area contributed by atoms with E-state index in [1.807, 2.05) is 104 Å². The van der Waals surface area contributed by atoms with Gasteiger partial charge in [-0.05, 0) is 113 Å². The molecule has 0 saturated carbocycles. The van der Waals surface area contributed by atoms with Gasteiger partial charge in [-0.2, -0.15) is 0 Å². The van der Waals surface area contributed by atoms with Gasteiger partial charge in [-0.15, -0.1) is 0 Å². The summed E-state index contributed by atoms with van der Waals surface area (Å²) in [5.74, 6) is 1.48. The second-order valence-corrected chi connectivity index (χ2v) is 16.9. The van der Waals surface area contributed by atoms with Crippen LogP contribution in [0.5, 0.6) is 0 Å². The number of rotatable bonds is 6. The van der Waals surface area contributed by atoms with Crippen molar-refractivity contribution in [1.29, 1.82) is 0 Å². The number of anilines is 2. The van der Waals surface area contributed by atoms with Crippen molar-refractivity contribution in [2.24, 2.45) is 5.73 Å². The number of amides is 1. The molecular formula is C49H59N11O3. The van der Waals surface area contributed by atoms with Crippen LogP contribution in [-0.2, 0) is 4.74 Å². The van der Waals surface area contributed by atoms with Crippen molar-refractivity contribution >= 4 is 78.9 Å². The number of esters is 1. The van der Waals surface area contributed by atoms with Gasteiger partial charge in [-0.1, -0.05) is 51.0 Å². The minimum atomic E-state index is -0.355. The Bertz CT molecular complexity index is 2880. The van der Waals surface area contributed by atoms with E-state index in [4.69, 9.17) is 30.4 Å². The van der Waals surface area contributed by atoms with Crippen molar-refractivity contribution in [1.82, 2.24) is 39.4 Å². The summed E-state index contributed by atoms with van der Waals surface area (Å²) in [6.45, 7) is 15.9. The van der Waals surface area contributed by atoms with Crippen molar-refractivity contribution < 1.29 is 14.3 Å². The van der Waals surface area contributed by atoms with Crippen LogP contribution in [0, 0.1) is 0 Å². The summed E-state index contributed by atoms with van der Waals surface area (Å²) >= 11 is 0. The number of nitrogens with two attached hydrogens (primary N) is 1. The van der Waals surface area contributed by atoms with E-state index in [1.165, 1.54) is 25.7 Å². The van der Waals surface area contributed by atoms with E-state index in [-0.39, 0.29) is 17.9 Å². The highest BCUT2D eigenvalue weighted by atomic mass is 16.5. The van der Waals surface area contributed by atoms with Crippen LogP contribution >= 0.6 is 0 Å². The zero-order valence-corrected chi connectivity index (χ0v) is 37.1. The first-order valence-corrected chi connectivity index (χ1v) is 22.5. The van der Waals surface area contributed by atoms with Crippen LogP contribution in [0.3, 0.4) is 0 Å². The van der Waals surface area contributed by atoms with Crippen molar-refractivity contribution in [2.75, 3.05) is 55.7 Å². The molecule has 8 heterocycles. The SMILES string of the molecule is CC(C)N.CC(C)NC(=O)c1cc2ccc(N3CCCNCC3)nc2n2c1nc1ccccc12.CCOC(=O)c1cc2ccc(N3CCCCCC3)nc2n2c1nc1ccccc12. The highest BCUT2D eigenvalue weighted by Crippen LogP contribution is 2.30. The van der Waals surface area contributed by atoms with E-state index in [0.717, 1.165) is 101 Å². The molecule has 10 rings (SSSR count). The first-order valence-electron chi connectivity index (χ1n) is 22.5. The highest BCUT2D eigenvalue weighted by Gasteiger charge is 2.22. The molecule has 0 spiro atoms. The van der Waals surface area contributed by atoms with E-state index in [1.54, 1.807) is 0 Å². The van der Waals surface area contributed by atoms with E-state index < -0.39 is 0 Å². The summed E-state index contributed by atoms with van der Waals surface area (Å²) in [4.78, 5) is 49.9. The lowest BCUT2D eigenvalue weighted by molar-refractivity contribution is 0.0528. The minimum Gasteiger partial charge on any atom is -0.462 e. The maximum Gasteiger partial charge on any atom is 0.341 e. The molecular weight excluding hydrogens is 791 g/mol. The third-order valence-electron chi connectivity index (χ3n) is 11.2. The predicted molar refractivity (Wildman–Crippen MR) is 254 cm³/mol. The van der Waals surface area contributed by atoms with Crippen molar-refractivity contribution in [2.45, 2.75) is 78.8 Å². The van der Waals surface area contributed by atoms with Crippen molar-refractivity contribution in [3.8, 4) is 0 Å². The summed E-state index contributed by atoms with van der Waals surface area (Å²) in [5.41, 5.74) is 12.6. The van der Waals surface area contributed by atoms with Gasteiger partial charge in [0.2, 0.25) is 0 Å². The summed E-state index contributed by atoms with van der Waals surface area (Å²) in [5, 5.41) is 8.27. The van der Waals surface area contributed by atoms with Crippen LogP contribution in [0.2, 0.25) is 0 Å². The Morgan fingerprint density at radius 2 is 1.16 bits per heavy atom. The number of ether oxygens (including phenoxy) is 1. The zero-order valence-electron chi connectivity index (χ0n) is 37.1. The molecule has 0 aliphatic carbocycles. The van der Waals surface area contributed by atoms with E-state index in [0.29, 0.717) is 35.1 Å². The third-order valence-corrected chi connectivity index (χ3v) is 11.2. The fourth-order valence-corrected chi connectivity index (χ4v) is 8.36. The minimum absolute atomic E-state index is 0.0507. The number of hydrogen-bond donors (Lipinski definition) is 3. The second-order valence-electron chi connectivity index (χ2n) is 16.9. The van der Waals surface area contributed by atoms with Gasteiger partial charge in [0.05, 0.1) is 34.2 Å². The van der Waals surface area contributed by atoms with E-state index >= 15 is 0 Å². The highest BCUT2D eigenvalue weighted by molar-refractivity contribution is 6.06. The number of nitrogens with zero attached hydrogens (tertiary/aromatic N) is 8. The molecule has 63 heavy (non-hydrogen) atoms. The number of nitrogens with one attached hydrogen (secondary N) is 2. The van der Waals surface area contributed by atoms with E-state index in [9.17, 15) is 9.59 Å². The van der Waals surface area contributed by atoms with E-state index in [2.05, 4.69) is 44.7 Å². The van der Waals surface area contributed by atoms with Gasteiger partial charge in [-0.25, -0.2) is 24.7 Å².